The van der Waals surface area contributed by atoms with E-state index in [4.69, 9.17) is 11.6 Å². The fourth-order valence-corrected chi connectivity index (χ4v) is 2.88. The van der Waals surface area contributed by atoms with Crippen LogP contribution < -0.4 is 0 Å². The molecule has 0 fully saturated rings. The third-order valence-corrected chi connectivity index (χ3v) is 3.84. The lowest BCUT2D eigenvalue weighted by Gasteiger charge is -2.16. The minimum Gasteiger partial charge on any atom is -0.512 e. The number of halogens is 1. The summed E-state index contributed by atoms with van der Waals surface area (Å²) in [5, 5.41) is 11.5. The molecule has 0 aliphatic heterocycles. The van der Waals surface area contributed by atoms with Gasteiger partial charge in [-0.25, -0.2) is 0 Å². The zero-order valence-corrected chi connectivity index (χ0v) is 11.7. The topological polar surface area (TPSA) is 50.2 Å². The number of ketones is 1. The molecule has 2 aromatic rings. The van der Waals surface area contributed by atoms with E-state index in [9.17, 15) is 9.90 Å². The van der Waals surface area contributed by atoms with Crippen LogP contribution in [0.25, 0.3) is 10.9 Å². The molecule has 1 aromatic heterocycles. The summed E-state index contributed by atoms with van der Waals surface area (Å²) in [6, 6.07) is 7.46. The van der Waals surface area contributed by atoms with Crippen LogP contribution in [0.15, 0.2) is 41.8 Å². The Bertz CT molecular complexity index is 721. The number of nitrogens with zero attached hydrogens (tertiary/aromatic N) is 1. The highest BCUT2D eigenvalue weighted by molar-refractivity contribution is 6.31. The van der Waals surface area contributed by atoms with Crippen LogP contribution >= 0.6 is 11.6 Å². The van der Waals surface area contributed by atoms with Crippen molar-refractivity contribution in [1.82, 2.24) is 4.98 Å². The highest BCUT2D eigenvalue weighted by Gasteiger charge is 2.21. The Morgan fingerprint density at radius 2 is 2.15 bits per heavy atom. The van der Waals surface area contributed by atoms with Crippen molar-refractivity contribution >= 4 is 28.3 Å². The van der Waals surface area contributed by atoms with Crippen molar-refractivity contribution in [2.45, 2.75) is 25.7 Å². The van der Waals surface area contributed by atoms with Gasteiger partial charge in [0.2, 0.25) is 0 Å². The molecule has 1 heterocycles. The van der Waals surface area contributed by atoms with Gasteiger partial charge in [-0.05, 0) is 30.2 Å². The number of pyridine rings is 1. The van der Waals surface area contributed by atoms with Gasteiger partial charge in [0.25, 0.3) is 0 Å². The van der Waals surface area contributed by atoms with E-state index in [0.717, 1.165) is 22.9 Å². The fourth-order valence-electron chi connectivity index (χ4n) is 2.63. The summed E-state index contributed by atoms with van der Waals surface area (Å²) in [5.74, 6) is 0.239. The second kappa shape index (κ2) is 5.25. The van der Waals surface area contributed by atoms with Crippen LogP contribution in [0.5, 0.6) is 0 Å². The molecule has 102 valence electrons. The van der Waals surface area contributed by atoms with Crippen molar-refractivity contribution in [2.24, 2.45) is 0 Å². The molecule has 1 N–H and O–H groups in total. The van der Waals surface area contributed by atoms with Gasteiger partial charge in [-0.15, -0.1) is 0 Å². The molecule has 20 heavy (non-hydrogen) atoms. The van der Waals surface area contributed by atoms with Gasteiger partial charge in [0.05, 0.1) is 11.3 Å². The summed E-state index contributed by atoms with van der Waals surface area (Å²) in [4.78, 5) is 16.3. The molecular weight excluding hydrogens is 274 g/mol. The lowest BCUT2D eigenvalue weighted by atomic mass is 9.91. The first-order chi connectivity index (χ1) is 9.65. The number of rotatable bonds is 2. The van der Waals surface area contributed by atoms with E-state index in [1.807, 2.05) is 24.3 Å². The van der Waals surface area contributed by atoms with Crippen LogP contribution in [0.4, 0.5) is 0 Å². The normalized spacial score (nSPS) is 15.9. The number of hydrogen-bond acceptors (Lipinski definition) is 3. The predicted molar refractivity (Wildman–Crippen MR) is 79.0 cm³/mol. The zero-order chi connectivity index (χ0) is 14.1. The Morgan fingerprint density at radius 1 is 1.30 bits per heavy atom. The van der Waals surface area contributed by atoms with Crippen molar-refractivity contribution in [3.05, 3.63) is 52.4 Å². The second-order valence-corrected chi connectivity index (χ2v) is 5.46. The van der Waals surface area contributed by atoms with Crippen molar-refractivity contribution in [3.63, 3.8) is 0 Å². The van der Waals surface area contributed by atoms with Gasteiger partial charge in [-0.3, -0.25) is 9.78 Å². The van der Waals surface area contributed by atoms with E-state index >= 15 is 0 Å². The lowest BCUT2D eigenvalue weighted by Crippen LogP contribution is -2.14. The average molecular weight is 288 g/mol. The minimum absolute atomic E-state index is 0.0257. The Labute approximate surface area is 121 Å². The Morgan fingerprint density at radius 3 is 2.95 bits per heavy atom. The first-order valence-corrected chi connectivity index (χ1v) is 7.00. The first-order valence-electron chi connectivity index (χ1n) is 6.62. The quantitative estimate of drug-likeness (QED) is 0.908. The number of hydrogen-bond donors (Lipinski definition) is 1. The summed E-state index contributed by atoms with van der Waals surface area (Å²) in [6.07, 6.45) is 3.91. The standard InChI is InChI=1S/C16H14ClNO2/c17-12-7-10-3-2-6-18-16(10)11(8-12)9-13-14(19)4-1-5-15(13)20/h2-3,6-8,19H,1,4-5,9H2. The highest BCUT2D eigenvalue weighted by atomic mass is 35.5. The number of aromatic nitrogens is 1. The Kier molecular flexibility index (Phi) is 3.45. The molecule has 3 nitrogen and oxygen atoms in total. The van der Waals surface area contributed by atoms with Gasteiger partial charge in [0.1, 0.15) is 0 Å². The average Bonchev–Trinajstić information content (AvgIpc) is 2.42. The maximum Gasteiger partial charge on any atom is 0.162 e. The number of aliphatic hydroxyl groups is 1. The van der Waals surface area contributed by atoms with Gasteiger partial charge in [-0.1, -0.05) is 17.7 Å². The monoisotopic (exact) mass is 287 g/mol. The van der Waals surface area contributed by atoms with E-state index in [2.05, 4.69) is 4.98 Å². The van der Waals surface area contributed by atoms with Crippen molar-refractivity contribution < 1.29 is 9.90 Å². The number of aliphatic hydroxyl groups excluding tert-OH is 1. The minimum atomic E-state index is 0.0257. The number of allylic oxidation sites excluding steroid dienone is 2. The molecule has 0 radical (unpaired) electrons. The number of Topliss-reactive ketones (excluding diaryl/α,β-unsaturated/α-hetero) is 1. The molecule has 0 bridgehead atoms. The first kappa shape index (κ1) is 13.1. The third kappa shape index (κ3) is 2.41. The fraction of sp³-hybridized carbons (Fsp3) is 0.250. The van der Waals surface area contributed by atoms with Crippen LogP contribution in [0.2, 0.25) is 5.02 Å². The van der Waals surface area contributed by atoms with Crippen LogP contribution in [-0.4, -0.2) is 15.9 Å². The van der Waals surface area contributed by atoms with Crippen LogP contribution in [0, 0.1) is 0 Å². The molecule has 1 aliphatic carbocycles. The van der Waals surface area contributed by atoms with E-state index in [1.54, 1.807) is 6.20 Å². The van der Waals surface area contributed by atoms with Gasteiger partial charge >= 0.3 is 0 Å². The predicted octanol–water partition coefficient (Wildman–Crippen LogP) is 4.00. The van der Waals surface area contributed by atoms with Crippen LogP contribution in [0.1, 0.15) is 24.8 Å². The number of benzene rings is 1. The molecule has 0 unspecified atom stereocenters. The number of carbonyl (C=O) groups excluding carboxylic acids is 1. The molecule has 1 aliphatic rings. The SMILES string of the molecule is O=C1CCCC(O)=C1Cc1cc(Cl)cc2cccnc12. The molecule has 3 rings (SSSR count). The summed E-state index contributed by atoms with van der Waals surface area (Å²) in [5.41, 5.74) is 2.21. The molecule has 4 heteroatoms. The second-order valence-electron chi connectivity index (χ2n) is 5.02. The summed E-state index contributed by atoms with van der Waals surface area (Å²) < 4.78 is 0. The number of fused-ring (bicyclic) bond motifs is 1. The molecule has 0 spiro atoms. The lowest BCUT2D eigenvalue weighted by molar-refractivity contribution is -0.116. The Hall–Kier alpha value is -1.87. The van der Waals surface area contributed by atoms with Crippen LogP contribution in [-0.2, 0) is 11.2 Å². The van der Waals surface area contributed by atoms with Crippen molar-refractivity contribution in [1.29, 1.82) is 0 Å². The third-order valence-electron chi connectivity index (χ3n) is 3.62. The van der Waals surface area contributed by atoms with Crippen molar-refractivity contribution in [3.8, 4) is 0 Å². The Balaban J connectivity index is 2.09. The van der Waals surface area contributed by atoms with E-state index in [1.165, 1.54) is 0 Å². The molecule has 1 aromatic carbocycles. The summed E-state index contributed by atoms with van der Waals surface area (Å²) >= 11 is 6.12. The molecule has 0 atom stereocenters. The molecule has 0 saturated carbocycles. The maximum atomic E-state index is 12.0. The molecule has 0 saturated heterocycles. The van der Waals surface area contributed by atoms with E-state index < -0.39 is 0 Å². The summed E-state index contributed by atoms with van der Waals surface area (Å²) in [6.45, 7) is 0. The van der Waals surface area contributed by atoms with Gasteiger partial charge in [-0.2, -0.15) is 0 Å². The van der Waals surface area contributed by atoms with E-state index in [-0.39, 0.29) is 11.5 Å². The smallest absolute Gasteiger partial charge is 0.162 e. The number of carbonyl (C=O) groups is 1. The van der Waals surface area contributed by atoms with E-state index in [0.29, 0.717) is 29.9 Å². The summed E-state index contributed by atoms with van der Waals surface area (Å²) in [7, 11) is 0. The zero-order valence-electron chi connectivity index (χ0n) is 10.9. The maximum absolute atomic E-state index is 12.0. The van der Waals surface area contributed by atoms with Gasteiger partial charge in [0, 0.05) is 41.4 Å². The van der Waals surface area contributed by atoms with Gasteiger partial charge in [0.15, 0.2) is 5.78 Å². The van der Waals surface area contributed by atoms with Crippen LogP contribution in [0.3, 0.4) is 0 Å². The molecular formula is C16H14ClNO2. The van der Waals surface area contributed by atoms with Gasteiger partial charge < -0.3 is 5.11 Å². The molecule has 0 amide bonds. The highest BCUT2D eigenvalue weighted by Crippen LogP contribution is 2.28. The largest absolute Gasteiger partial charge is 0.512 e. The van der Waals surface area contributed by atoms with Crippen molar-refractivity contribution in [2.75, 3.05) is 0 Å².